The summed E-state index contributed by atoms with van der Waals surface area (Å²) in [4.78, 5) is 10.8. The fourth-order valence-corrected chi connectivity index (χ4v) is 0.675. The SMILES string of the molecule is CCOC(=O)NCC[N+](C)(C)C. The van der Waals surface area contributed by atoms with Crippen LogP contribution in [0, 0.1) is 0 Å². The fraction of sp³-hybridized carbons (Fsp3) is 0.875. The first-order valence-corrected chi connectivity index (χ1v) is 4.17. The van der Waals surface area contributed by atoms with Crippen molar-refractivity contribution in [2.45, 2.75) is 6.92 Å². The topological polar surface area (TPSA) is 38.3 Å². The van der Waals surface area contributed by atoms with Crippen LogP contribution in [-0.2, 0) is 4.74 Å². The van der Waals surface area contributed by atoms with E-state index in [2.05, 4.69) is 26.5 Å². The van der Waals surface area contributed by atoms with Crippen LogP contribution in [0.1, 0.15) is 6.92 Å². The first kappa shape index (κ1) is 11.2. The second-order valence-electron chi connectivity index (χ2n) is 3.66. The van der Waals surface area contributed by atoms with Gasteiger partial charge in [-0.1, -0.05) is 0 Å². The molecule has 4 nitrogen and oxygen atoms in total. The summed E-state index contributed by atoms with van der Waals surface area (Å²) in [6.45, 7) is 3.77. The van der Waals surface area contributed by atoms with Gasteiger partial charge in [0.1, 0.15) is 0 Å². The Hall–Kier alpha value is -0.770. The number of ether oxygens (including phenoxy) is 1. The molecule has 12 heavy (non-hydrogen) atoms. The quantitative estimate of drug-likeness (QED) is 0.630. The van der Waals surface area contributed by atoms with Crippen LogP contribution in [0.15, 0.2) is 0 Å². The minimum absolute atomic E-state index is 0.328. The molecule has 4 heteroatoms. The van der Waals surface area contributed by atoms with Gasteiger partial charge in [-0.3, -0.25) is 0 Å². The van der Waals surface area contributed by atoms with Crippen molar-refractivity contribution in [2.75, 3.05) is 40.8 Å². The van der Waals surface area contributed by atoms with Gasteiger partial charge in [0.05, 0.1) is 40.8 Å². The van der Waals surface area contributed by atoms with E-state index in [1.165, 1.54) is 0 Å². The molecule has 0 fully saturated rings. The highest BCUT2D eigenvalue weighted by molar-refractivity contribution is 5.66. The van der Waals surface area contributed by atoms with Crippen LogP contribution in [0.4, 0.5) is 4.79 Å². The van der Waals surface area contributed by atoms with E-state index in [1.54, 1.807) is 6.92 Å². The number of nitrogens with one attached hydrogen (secondary N) is 1. The third kappa shape index (κ3) is 7.34. The van der Waals surface area contributed by atoms with Gasteiger partial charge >= 0.3 is 6.09 Å². The van der Waals surface area contributed by atoms with Crippen molar-refractivity contribution in [2.24, 2.45) is 0 Å². The van der Waals surface area contributed by atoms with E-state index in [1.807, 2.05) is 0 Å². The van der Waals surface area contributed by atoms with E-state index in [0.717, 1.165) is 11.0 Å². The maximum atomic E-state index is 10.8. The lowest BCUT2D eigenvalue weighted by molar-refractivity contribution is -0.869. The van der Waals surface area contributed by atoms with Crippen molar-refractivity contribution < 1.29 is 14.0 Å². The summed E-state index contributed by atoms with van der Waals surface area (Å²) in [6.07, 6.45) is -0.328. The molecule has 0 atom stereocenters. The highest BCUT2D eigenvalue weighted by Crippen LogP contribution is 1.86. The second kappa shape index (κ2) is 4.98. The Kier molecular flexibility index (Phi) is 4.66. The number of rotatable bonds is 4. The summed E-state index contributed by atoms with van der Waals surface area (Å²) in [5.74, 6) is 0. The van der Waals surface area contributed by atoms with Crippen LogP contribution in [-0.4, -0.2) is 51.4 Å². The van der Waals surface area contributed by atoms with Crippen molar-refractivity contribution >= 4 is 6.09 Å². The van der Waals surface area contributed by atoms with Crippen LogP contribution in [0.3, 0.4) is 0 Å². The second-order valence-corrected chi connectivity index (χ2v) is 3.66. The zero-order chi connectivity index (χ0) is 9.61. The predicted molar refractivity (Wildman–Crippen MR) is 47.9 cm³/mol. The van der Waals surface area contributed by atoms with Crippen LogP contribution < -0.4 is 5.32 Å². The first-order valence-electron chi connectivity index (χ1n) is 4.17. The molecule has 72 valence electrons. The molecule has 1 amide bonds. The number of hydrogen-bond donors (Lipinski definition) is 1. The molecule has 0 saturated carbocycles. The standard InChI is InChI=1S/C8H18N2O2/c1-5-12-8(11)9-6-7-10(2,3)4/h5-7H2,1-4H3/p+1. The number of amides is 1. The van der Waals surface area contributed by atoms with E-state index in [9.17, 15) is 4.79 Å². The van der Waals surface area contributed by atoms with Crippen molar-refractivity contribution in [1.82, 2.24) is 5.32 Å². The van der Waals surface area contributed by atoms with Crippen molar-refractivity contribution in [3.8, 4) is 0 Å². The fourth-order valence-electron chi connectivity index (χ4n) is 0.675. The first-order chi connectivity index (χ1) is 5.45. The zero-order valence-electron chi connectivity index (χ0n) is 8.39. The molecule has 1 N–H and O–H groups in total. The van der Waals surface area contributed by atoms with Crippen molar-refractivity contribution in [3.05, 3.63) is 0 Å². The van der Waals surface area contributed by atoms with Gasteiger partial charge in [-0.05, 0) is 6.92 Å². The number of hydrogen-bond acceptors (Lipinski definition) is 2. The van der Waals surface area contributed by atoms with Gasteiger partial charge in [-0.15, -0.1) is 0 Å². The summed E-state index contributed by atoms with van der Waals surface area (Å²) in [5, 5.41) is 2.66. The number of alkyl carbamates (subject to hydrolysis) is 1. The highest BCUT2D eigenvalue weighted by atomic mass is 16.5. The van der Waals surface area contributed by atoms with Gasteiger partial charge in [0.25, 0.3) is 0 Å². The Bertz CT molecular complexity index is 140. The van der Waals surface area contributed by atoms with Gasteiger partial charge in [-0.2, -0.15) is 0 Å². The largest absolute Gasteiger partial charge is 0.450 e. The summed E-state index contributed by atoms with van der Waals surface area (Å²) in [5.41, 5.74) is 0. The van der Waals surface area contributed by atoms with Gasteiger partial charge < -0.3 is 14.5 Å². The Morgan fingerprint density at radius 1 is 1.42 bits per heavy atom. The molecule has 0 aliphatic carbocycles. The Morgan fingerprint density at radius 2 is 2.00 bits per heavy atom. The van der Waals surface area contributed by atoms with Crippen molar-refractivity contribution in [3.63, 3.8) is 0 Å². The average molecular weight is 175 g/mol. The number of carbonyl (C=O) groups excluding carboxylic acids is 1. The number of likely N-dealkylation sites (N-methyl/N-ethyl adjacent to an activating group) is 1. The smallest absolute Gasteiger partial charge is 0.407 e. The molecule has 0 radical (unpaired) electrons. The van der Waals surface area contributed by atoms with Gasteiger partial charge in [0, 0.05) is 0 Å². The van der Waals surface area contributed by atoms with Crippen molar-refractivity contribution in [1.29, 1.82) is 0 Å². The molecular formula is C8H19N2O2+. The van der Waals surface area contributed by atoms with Crippen LogP contribution >= 0.6 is 0 Å². The maximum Gasteiger partial charge on any atom is 0.407 e. The molecule has 0 spiro atoms. The molecule has 0 aromatic rings. The van der Waals surface area contributed by atoms with E-state index in [-0.39, 0.29) is 6.09 Å². The van der Waals surface area contributed by atoms with Gasteiger partial charge in [0.2, 0.25) is 0 Å². The Morgan fingerprint density at radius 3 is 2.42 bits per heavy atom. The van der Waals surface area contributed by atoms with E-state index in [4.69, 9.17) is 4.74 Å². The third-order valence-electron chi connectivity index (χ3n) is 1.33. The van der Waals surface area contributed by atoms with E-state index >= 15 is 0 Å². The monoisotopic (exact) mass is 175 g/mol. The molecule has 0 heterocycles. The van der Waals surface area contributed by atoms with Crippen LogP contribution in [0.5, 0.6) is 0 Å². The average Bonchev–Trinajstić information content (AvgIpc) is 1.84. The lowest BCUT2D eigenvalue weighted by atomic mass is 10.5. The summed E-state index contributed by atoms with van der Waals surface area (Å²) in [7, 11) is 6.23. The highest BCUT2D eigenvalue weighted by Gasteiger charge is 2.07. The minimum atomic E-state index is -0.328. The summed E-state index contributed by atoms with van der Waals surface area (Å²) < 4.78 is 5.54. The van der Waals surface area contributed by atoms with Crippen LogP contribution in [0.25, 0.3) is 0 Å². The summed E-state index contributed by atoms with van der Waals surface area (Å²) in [6, 6.07) is 0. The molecule has 0 aromatic carbocycles. The van der Waals surface area contributed by atoms with E-state index < -0.39 is 0 Å². The molecule has 0 saturated heterocycles. The Labute approximate surface area is 74.1 Å². The molecule has 0 aliphatic heterocycles. The van der Waals surface area contributed by atoms with Crippen LogP contribution in [0.2, 0.25) is 0 Å². The lowest BCUT2D eigenvalue weighted by Gasteiger charge is -2.23. The molecule has 0 aromatic heterocycles. The molecule has 0 rings (SSSR count). The normalized spacial score (nSPS) is 11.0. The van der Waals surface area contributed by atoms with Gasteiger partial charge in [-0.25, -0.2) is 4.79 Å². The van der Waals surface area contributed by atoms with E-state index in [0.29, 0.717) is 13.2 Å². The predicted octanol–water partition coefficient (Wildman–Crippen LogP) is 0.439. The Balaban J connectivity index is 3.37. The van der Waals surface area contributed by atoms with Gasteiger partial charge in [0.15, 0.2) is 0 Å². The number of quaternary nitrogens is 1. The zero-order valence-corrected chi connectivity index (χ0v) is 8.39. The lowest BCUT2D eigenvalue weighted by Crippen LogP contribution is -2.42. The minimum Gasteiger partial charge on any atom is -0.450 e. The summed E-state index contributed by atoms with van der Waals surface area (Å²) >= 11 is 0. The number of carbonyl (C=O) groups is 1. The molecule has 0 unspecified atom stereocenters. The molecular weight excluding hydrogens is 156 g/mol. The number of nitrogens with zero attached hydrogens (tertiary/aromatic N) is 1. The maximum absolute atomic E-state index is 10.8. The third-order valence-corrected chi connectivity index (χ3v) is 1.33. The molecule has 0 aliphatic rings. The molecule has 0 bridgehead atoms.